The molecule has 1 N–H and O–H groups in total. The second kappa shape index (κ2) is 7.68. The minimum absolute atomic E-state index is 0.0215. The van der Waals surface area contributed by atoms with E-state index in [4.69, 9.17) is 9.47 Å². The van der Waals surface area contributed by atoms with Gasteiger partial charge in [0.25, 0.3) is 5.91 Å². The first-order valence-corrected chi connectivity index (χ1v) is 11.0. The molecule has 7 nitrogen and oxygen atoms in total. The van der Waals surface area contributed by atoms with Gasteiger partial charge in [0, 0.05) is 30.3 Å². The number of hydrogen-bond donors (Lipinski definition) is 1. The van der Waals surface area contributed by atoms with Crippen molar-refractivity contribution in [2.75, 3.05) is 20.8 Å². The Labute approximate surface area is 170 Å². The molecule has 1 aliphatic heterocycles. The Morgan fingerprint density at radius 1 is 1.03 bits per heavy atom. The van der Waals surface area contributed by atoms with Gasteiger partial charge in [-0.15, -0.1) is 0 Å². The van der Waals surface area contributed by atoms with E-state index in [1.54, 1.807) is 62.8 Å². The second-order valence-corrected chi connectivity index (χ2v) is 9.20. The van der Waals surface area contributed by atoms with Gasteiger partial charge in [-0.1, -0.05) is 18.2 Å². The number of methoxy groups -OCH3 is 2. The third-order valence-corrected chi connectivity index (χ3v) is 7.27. The number of carbonyl (C=O) groups excluding carboxylic acids is 1. The van der Waals surface area contributed by atoms with Crippen molar-refractivity contribution in [2.24, 2.45) is 5.92 Å². The molecule has 2 aromatic rings. The Kier molecular flexibility index (Phi) is 5.23. The summed E-state index contributed by atoms with van der Waals surface area (Å²) in [7, 11) is -0.469. The zero-order valence-electron chi connectivity index (χ0n) is 16.4. The molecular formula is C21H24N2O5S. The van der Waals surface area contributed by atoms with Gasteiger partial charge in [-0.25, -0.2) is 13.1 Å². The van der Waals surface area contributed by atoms with Crippen molar-refractivity contribution in [2.45, 2.75) is 29.8 Å². The summed E-state index contributed by atoms with van der Waals surface area (Å²) in [4.78, 5) is 15.2. The zero-order chi connectivity index (χ0) is 20.6. The topological polar surface area (TPSA) is 84.9 Å². The Morgan fingerprint density at radius 2 is 1.69 bits per heavy atom. The van der Waals surface area contributed by atoms with E-state index in [0.29, 0.717) is 30.0 Å². The number of nitrogens with one attached hydrogen (secondary N) is 1. The van der Waals surface area contributed by atoms with Crippen LogP contribution in [0, 0.1) is 5.92 Å². The largest absolute Gasteiger partial charge is 0.497 e. The average molecular weight is 416 g/mol. The van der Waals surface area contributed by atoms with Crippen LogP contribution in [-0.2, 0) is 10.0 Å². The molecule has 0 aromatic heterocycles. The van der Waals surface area contributed by atoms with E-state index in [9.17, 15) is 13.2 Å². The number of sulfonamides is 1. The van der Waals surface area contributed by atoms with Crippen LogP contribution in [0.25, 0.3) is 0 Å². The van der Waals surface area contributed by atoms with Gasteiger partial charge in [-0.05, 0) is 43.0 Å². The molecule has 0 radical (unpaired) electrons. The lowest BCUT2D eigenvalue weighted by molar-refractivity contribution is 0.0690. The highest BCUT2D eigenvalue weighted by Crippen LogP contribution is 2.39. The predicted octanol–water partition coefficient (Wildman–Crippen LogP) is 2.29. The molecule has 2 bridgehead atoms. The lowest BCUT2D eigenvalue weighted by atomic mass is 10.0. The number of ether oxygens (including phenoxy) is 2. The molecule has 2 fully saturated rings. The monoisotopic (exact) mass is 416 g/mol. The van der Waals surface area contributed by atoms with Crippen LogP contribution in [0.15, 0.2) is 53.4 Å². The molecule has 1 heterocycles. The van der Waals surface area contributed by atoms with E-state index >= 15 is 0 Å². The Bertz CT molecular complexity index is 987. The lowest BCUT2D eigenvalue weighted by Gasteiger charge is -2.32. The fourth-order valence-corrected chi connectivity index (χ4v) is 5.65. The molecule has 4 rings (SSSR count). The summed E-state index contributed by atoms with van der Waals surface area (Å²) in [5, 5.41) is 0. The van der Waals surface area contributed by atoms with E-state index in [-0.39, 0.29) is 28.8 Å². The highest BCUT2D eigenvalue weighted by molar-refractivity contribution is 7.89. The maximum Gasteiger partial charge on any atom is 0.254 e. The summed E-state index contributed by atoms with van der Waals surface area (Å²) in [5.74, 6) is 1.14. The van der Waals surface area contributed by atoms with Gasteiger partial charge in [0.15, 0.2) is 0 Å². The van der Waals surface area contributed by atoms with Crippen molar-refractivity contribution in [3.63, 3.8) is 0 Å². The maximum absolute atomic E-state index is 13.1. The van der Waals surface area contributed by atoms with Gasteiger partial charge in [0.2, 0.25) is 10.0 Å². The van der Waals surface area contributed by atoms with Crippen LogP contribution in [0.4, 0.5) is 0 Å². The molecule has 0 unspecified atom stereocenters. The average Bonchev–Trinajstić information content (AvgIpc) is 3.33. The van der Waals surface area contributed by atoms with Crippen LogP contribution in [0.2, 0.25) is 0 Å². The molecule has 1 saturated heterocycles. The van der Waals surface area contributed by atoms with E-state index < -0.39 is 10.0 Å². The number of piperidine rings is 1. The number of amides is 1. The lowest BCUT2D eigenvalue weighted by Crippen LogP contribution is -2.47. The number of rotatable bonds is 6. The molecule has 2 aromatic carbocycles. The molecule has 3 atom stereocenters. The van der Waals surface area contributed by atoms with Crippen LogP contribution in [-0.4, -0.2) is 52.1 Å². The minimum Gasteiger partial charge on any atom is -0.497 e. The van der Waals surface area contributed by atoms with Gasteiger partial charge < -0.3 is 14.4 Å². The number of nitrogens with zero attached hydrogens (tertiary/aromatic N) is 1. The third kappa shape index (κ3) is 3.82. The highest BCUT2D eigenvalue weighted by atomic mass is 32.2. The van der Waals surface area contributed by atoms with Crippen molar-refractivity contribution in [3.8, 4) is 11.5 Å². The van der Waals surface area contributed by atoms with Crippen LogP contribution in [0.1, 0.15) is 23.2 Å². The van der Waals surface area contributed by atoms with Gasteiger partial charge in [0.05, 0.1) is 19.1 Å². The number of benzene rings is 2. The molecule has 1 aliphatic carbocycles. The standard InChI is InChI=1S/C21H24N2O5S/c1-27-17-9-14(10-18(12-17)28-2)21(24)23-13-15-8-16(23)11-20(15)22-29(25,26)19-6-4-3-5-7-19/h3-7,9-10,12,15-16,20,22H,8,11,13H2,1-2H3/t15-,16-,20-/m0/s1. The second-order valence-electron chi connectivity index (χ2n) is 7.48. The zero-order valence-corrected chi connectivity index (χ0v) is 17.2. The Morgan fingerprint density at radius 3 is 2.24 bits per heavy atom. The van der Waals surface area contributed by atoms with E-state index in [1.165, 1.54) is 0 Å². The number of likely N-dealkylation sites (tertiary alicyclic amines) is 1. The summed E-state index contributed by atoms with van der Waals surface area (Å²) in [6.07, 6.45) is 1.42. The molecule has 29 heavy (non-hydrogen) atoms. The maximum atomic E-state index is 13.1. The molecule has 1 saturated carbocycles. The summed E-state index contributed by atoms with van der Waals surface area (Å²) in [6.45, 7) is 0.533. The van der Waals surface area contributed by atoms with E-state index in [0.717, 1.165) is 6.42 Å². The third-order valence-electron chi connectivity index (χ3n) is 5.76. The van der Waals surface area contributed by atoms with Gasteiger partial charge >= 0.3 is 0 Å². The molecule has 8 heteroatoms. The van der Waals surface area contributed by atoms with Crippen molar-refractivity contribution < 1.29 is 22.7 Å². The van der Waals surface area contributed by atoms with E-state index in [1.807, 2.05) is 4.90 Å². The fourth-order valence-electron chi connectivity index (χ4n) is 4.31. The first kappa shape index (κ1) is 19.7. The normalized spacial score (nSPS) is 23.2. The van der Waals surface area contributed by atoms with Gasteiger partial charge in [0.1, 0.15) is 11.5 Å². The summed E-state index contributed by atoms with van der Waals surface area (Å²) < 4.78 is 38.6. The first-order chi connectivity index (χ1) is 13.9. The van der Waals surface area contributed by atoms with Crippen molar-refractivity contribution in [1.82, 2.24) is 9.62 Å². The molecule has 2 aliphatic rings. The summed E-state index contributed by atoms with van der Waals surface area (Å²) in [6, 6.07) is 13.4. The summed E-state index contributed by atoms with van der Waals surface area (Å²) >= 11 is 0. The quantitative estimate of drug-likeness (QED) is 0.781. The Balaban J connectivity index is 1.46. The number of fused-ring (bicyclic) bond motifs is 2. The van der Waals surface area contributed by atoms with Crippen LogP contribution in [0.3, 0.4) is 0 Å². The van der Waals surface area contributed by atoms with Crippen LogP contribution < -0.4 is 14.2 Å². The number of carbonyl (C=O) groups is 1. The minimum atomic E-state index is -3.56. The van der Waals surface area contributed by atoms with Crippen molar-refractivity contribution in [1.29, 1.82) is 0 Å². The molecule has 0 spiro atoms. The SMILES string of the molecule is COc1cc(OC)cc(C(=O)N2C[C@@H]3C[C@H]2C[C@@H]3NS(=O)(=O)c2ccccc2)c1. The molecular weight excluding hydrogens is 392 g/mol. The van der Waals surface area contributed by atoms with Crippen molar-refractivity contribution in [3.05, 3.63) is 54.1 Å². The summed E-state index contributed by atoms with van der Waals surface area (Å²) in [5.41, 5.74) is 0.509. The van der Waals surface area contributed by atoms with Crippen molar-refractivity contribution >= 4 is 15.9 Å². The Hall–Kier alpha value is -2.58. The van der Waals surface area contributed by atoms with Crippen LogP contribution >= 0.6 is 0 Å². The fraction of sp³-hybridized carbons (Fsp3) is 0.381. The van der Waals surface area contributed by atoms with Crippen LogP contribution in [0.5, 0.6) is 11.5 Å². The predicted molar refractivity (Wildman–Crippen MR) is 108 cm³/mol. The van der Waals surface area contributed by atoms with Gasteiger partial charge in [-0.2, -0.15) is 0 Å². The van der Waals surface area contributed by atoms with E-state index in [2.05, 4.69) is 4.72 Å². The highest BCUT2D eigenvalue weighted by Gasteiger charge is 2.47. The van der Waals surface area contributed by atoms with Gasteiger partial charge in [-0.3, -0.25) is 4.79 Å². The molecule has 1 amide bonds. The smallest absolute Gasteiger partial charge is 0.254 e. The molecule has 154 valence electrons. The number of hydrogen-bond acceptors (Lipinski definition) is 5. The first-order valence-electron chi connectivity index (χ1n) is 9.52.